The van der Waals surface area contributed by atoms with Gasteiger partial charge in [0.05, 0.1) is 6.61 Å². The molecule has 2 rings (SSSR count). The Hall–Kier alpha value is -0.340. The van der Waals surface area contributed by atoms with Gasteiger partial charge < -0.3 is 4.74 Å². The van der Waals surface area contributed by atoms with Crippen LogP contribution in [0.15, 0.2) is 12.2 Å². The molecule has 0 aliphatic carbocycles. The van der Waals surface area contributed by atoms with E-state index in [9.17, 15) is 0 Å². The summed E-state index contributed by atoms with van der Waals surface area (Å²) in [6, 6.07) is 0. The zero-order valence-electron chi connectivity index (χ0n) is 8.51. The lowest BCUT2D eigenvalue weighted by atomic mass is 9.94. The van der Waals surface area contributed by atoms with Crippen molar-refractivity contribution >= 4 is 0 Å². The number of hydrogen-bond donors (Lipinski definition) is 0. The number of ether oxygens (including phenoxy) is 1. The van der Waals surface area contributed by atoms with Gasteiger partial charge in [0.25, 0.3) is 0 Å². The average Bonchev–Trinajstić information content (AvgIpc) is 2.57. The van der Waals surface area contributed by atoms with E-state index in [1.807, 2.05) is 0 Å². The van der Waals surface area contributed by atoms with E-state index in [-0.39, 0.29) is 0 Å². The largest absolute Gasteiger partial charge is 0.380 e. The molecule has 1 atom stereocenters. The first-order chi connectivity index (χ1) is 6.27. The van der Waals surface area contributed by atoms with E-state index in [2.05, 4.69) is 18.4 Å². The monoisotopic (exact) mass is 181 g/mol. The van der Waals surface area contributed by atoms with Crippen molar-refractivity contribution in [1.82, 2.24) is 4.90 Å². The predicted molar refractivity (Wildman–Crippen MR) is 53.8 cm³/mol. The number of fused-ring (bicyclic) bond motifs is 1. The minimum atomic E-state index is 0.340. The lowest BCUT2D eigenvalue weighted by Gasteiger charge is -2.31. The second-order valence-corrected chi connectivity index (χ2v) is 4.31. The van der Waals surface area contributed by atoms with Gasteiger partial charge in [-0.15, -0.1) is 0 Å². The molecule has 13 heavy (non-hydrogen) atoms. The summed E-state index contributed by atoms with van der Waals surface area (Å²) >= 11 is 0. The van der Waals surface area contributed by atoms with Crippen molar-refractivity contribution < 1.29 is 4.74 Å². The topological polar surface area (TPSA) is 12.5 Å². The maximum Gasteiger partial charge on any atom is 0.0653 e. The SMILES string of the molecule is C=C1CN2CCC[C@@]2(COCC)C1. The van der Waals surface area contributed by atoms with Crippen LogP contribution < -0.4 is 0 Å². The minimum Gasteiger partial charge on any atom is -0.380 e. The van der Waals surface area contributed by atoms with Crippen LogP contribution in [-0.2, 0) is 4.74 Å². The number of rotatable bonds is 3. The summed E-state index contributed by atoms with van der Waals surface area (Å²) in [6.45, 7) is 10.2. The fraction of sp³-hybridized carbons (Fsp3) is 0.818. The van der Waals surface area contributed by atoms with Gasteiger partial charge in [0.15, 0.2) is 0 Å². The molecular formula is C11H19NO. The molecule has 0 radical (unpaired) electrons. The van der Waals surface area contributed by atoms with Crippen molar-refractivity contribution in [3.63, 3.8) is 0 Å². The molecule has 0 aromatic carbocycles. The summed E-state index contributed by atoms with van der Waals surface area (Å²) in [6.07, 6.45) is 3.79. The van der Waals surface area contributed by atoms with Crippen LogP contribution in [0.3, 0.4) is 0 Å². The highest BCUT2D eigenvalue weighted by molar-refractivity contribution is 5.17. The molecule has 0 aromatic rings. The fourth-order valence-corrected chi connectivity index (χ4v) is 2.74. The first-order valence-electron chi connectivity index (χ1n) is 5.26. The molecule has 2 nitrogen and oxygen atoms in total. The molecule has 0 bridgehead atoms. The Labute approximate surface area is 80.6 Å². The van der Waals surface area contributed by atoms with E-state index in [0.29, 0.717) is 5.54 Å². The van der Waals surface area contributed by atoms with Gasteiger partial charge in [0.1, 0.15) is 0 Å². The van der Waals surface area contributed by atoms with E-state index in [1.54, 1.807) is 0 Å². The van der Waals surface area contributed by atoms with Gasteiger partial charge in [0, 0.05) is 18.7 Å². The molecule has 0 unspecified atom stereocenters. The van der Waals surface area contributed by atoms with E-state index in [1.165, 1.54) is 25.0 Å². The van der Waals surface area contributed by atoms with Crippen LogP contribution in [0.25, 0.3) is 0 Å². The van der Waals surface area contributed by atoms with Crippen molar-refractivity contribution in [2.24, 2.45) is 0 Å². The lowest BCUT2D eigenvalue weighted by Crippen LogP contribution is -2.42. The standard InChI is InChI=1S/C11H19NO/c1-3-13-9-11-5-4-6-12(11)8-10(2)7-11/h2-9H2,1H3/t11-/m0/s1. The van der Waals surface area contributed by atoms with Crippen molar-refractivity contribution in [3.8, 4) is 0 Å². The Bertz CT molecular complexity index is 214. The van der Waals surface area contributed by atoms with Gasteiger partial charge in [-0.1, -0.05) is 12.2 Å². The first-order valence-corrected chi connectivity index (χ1v) is 5.26. The molecule has 2 heteroatoms. The second kappa shape index (κ2) is 3.43. The van der Waals surface area contributed by atoms with Crippen molar-refractivity contribution in [1.29, 1.82) is 0 Å². The Morgan fingerprint density at radius 3 is 3.23 bits per heavy atom. The summed E-state index contributed by atoms with van der Waals surface area (Å²) in [7, 11) is 0. The Morgan fingerprint density at radius 2 is 2.46 bits per heavy atom. The quantitative estimate of drug-likeness (QED) is 0.616. The smallest absolute Gasteiger partial charge is 0.0653 e. The molecule has 0 N–H and O–H groups in total. The summed E-state index contributed by atoms with van der Waals surface area (Å²) in [5.74, 6) is 0. The predicted octanol–water partition coefficient (Wildman–Crippen LogP) is 1.82. The molecule has 2 heterocycles. The Morgan fingerprint density at radius 1 is 1.62 bits per heavy atom. The molecule has 0 spiro atoms. The van der Waals surface area contributed by atoms with Gasteiger partial charge in [0.2, 0.25) is 0 Å². The van der Waals surface area contributed by atoms with Gasteiger partial charge in [-0.2, -0.15) is 0 Å². The van der Waals surface area contributed by atoms with Crippen LogP contribution in [0.5, 0.6) is 0 Å². The number of nitrogens with zero attached hydrogens (tertiary/aromatic N) is 1. The van der Waals surface area contributed by atoms with Crippen LogP contribution in [0, 0.1) is 0 Å². The Balaban J connectivity index is 2.04. The van der Waals surface area contributed by atoms with Gasteiger partial charge in [-0.25, -0.2) is 0 Å². The molecular weight excluding hydrogens is 162 g/mol. The van der Waals surface area contributed by atoms with Crippen LogP contribution in [0.2, 0.25) is 0 Å². The third-order valence-corrected chi connectivity index (χ3v) is 3.31. The zero-order valence-corrected chi connectivity index (χ0v) is 8.51. The molecule has 2 aliphatic heterocycles. The highest BCUT2D eigenvalue weighted by Gasteiger charge is 2.45. The summed E-state index contributed by atoms with van der Waals surface area (Å²) < 4.78 is 5.59. The first kappa shape index (κ1) is 9.22. The third-order valence-electron chi connectivity index (χ3n) is 3.31. The van der Waals surface area contributed by atoms with E-state index in [0.717, 1.165) is 26.2 Å². The summed E-state index contributed by atoms with van der Waals surface area (Å²) in [4.78, 5) is 2.56. The molecule has 2 fully saturated rings. The van der Waals surface area contributed by atoms with Crippen molar-refractivity contribution in [2.45, 2.75) is 31.7 Å². The zero-order chi connectivity index (χ0) is 9.31. The highest BCUT2D eigenvalue weighted by Crippen LogP contribution is 2.40. The van der Waals surface area contributed by atoms with Crippen LogP contribution in [-0.4, -0.2) is 36.7 Å². The molecule has 0 aromatic heterocycles. The maximum atomic E-state index is 5.59. The molecule has 2 aliphatic rings. The van der Waals surface area contributed by atoms with Crippen molar-refractivity contribution in [2.75, 3.05) is 26.3 Å². The second-order valence-electron chi connectivity index (χ2n) is 4.31. The fourth-order valence-electron chi connectivity index (χ4n) is 2.74. The van der Waals surface area contributed by atoms with E-state index < -0.39 is 0 Å². The lowest BCUT2D eigenvalue weighted by molar-refractivity contribution is 0.0418. The molecule has 74 valence electrons. The van der Waals surface area contributed by atoms with Crippen LogP contribution >= 0.6 is 0 Å². The molecule has 2 saturated heterocycles. The van der Waals surface area contributed by atoms with Gasteiger partial charge >= 0.3 is 0 Å². The van der Waals surface area contributed by atoms with Gasteiger partial charge in [-0.05, 0) is 32.7 Å². The molecule has 0 saturated carbocycles. The minimum absolute atomic E-state index is 0.340. The molecule has 0 amide bonds. The summed E-state index contributed by atoms with van der Waals surface area (Å²) in [5, 5.41) is 0. The van der Waals surface area contributed by atoms with E-state index >= 15 is 0 Å². The highest BCUT2D eigenvalue weighted by atomic mass is 16.5. The van der Waals surface area contributed by atoms with Crippen LogP contribution in [0.4, 0.5) is 0 Å². The third kappa shape index (κ3) is 1.53. The van der Waals surface area contributed by atoms with E-state index in [4.69, 9.17) is 4.74 Å². The Kier molecular flexibility index (Phi) is 2.43. The average molecular weight is 181 g/mol. The van der Waals surface area contributed by atoms with Crippen molar-refractivity contribution in [3.05, 3.63) is 12.2 Å². The normalized spacial score (nSPS) is 34.1. The van der Waals surface area contributed by atoms with Gasteiger partial charge in [-0.3, -0.25) is 4.90 Å². The summed E-state index contributed by atoms with van der Waals surface area (Å²) in [5.41, 5.74) is 1.73. The number of hydrogen-bond acceptors (Lipinski definition) is 2. The maximum absolute atomic E-state index is 5.59. The van der Waals surface area contributed by atoms with Crippen LogP contribution in [0.1, 0.15) is 26.2 Å².